The van der Waals surface area contributed by atoms with Crippen molar-refractivity contribution in [3.05, 3.63) is 47.5 Å². The molecule has 2 aromatic rings. The van der Waals surface area contributed by atoms with Crippen molar-refractivity contribution in [2.75, 3.05) is 11.1 Å². The number of rotatable bonds is 2. The Bertz CT molecular complexity index is 763. The molecule has 5 heteroatoms. The number of nitrogens with two attached hydrogens (primary N) is 1. The number of hydrogen-bond acceptors (Lipinski definition) is 4. The van der Waals surface area contributed by atoms with Gasteiger partial charge in [-0.25, -0.2) is 0 Å². The highest BCUT2D eigenvalue weighted by molar-refractivity contribution is 5.94. The fraction of sp³-hybridized carbons (Fsp3) is 0.125. The molecule has 0 radical (unpaired) electrons. The maximum Gasteiger partial charge on any atom is 0.224 e. The molecule has 0 saturated carbocycles. The maximum absolute atomic E-state index is 11.4. The van der Waals surface area contributed by atoms with Gasteiger partial charge in [-0.1, -0.05) is 12.1 Å². The summed E-state index contributed by atoms with van der Waals surface area (Å²) >= 11 is 0. The summed E-state index contributed by atoms with van der Waals surface area (Å²) in [6, 6.07) is 12.6. The highest BCUT2D eigenvalue weighted by Crippen LogP contribution is 2.35. The van der Waals surface area contributed by atoms with E-state index in [9.17, 15) is 4.79 Å². The summed E-state index contributed by atoms with van der Waals surface area (Å²) in [6.07, 6.45) is 1.10. The van der Waals surface area contributed by atoms with Crippen LogP contribution in [0.1, 0.15) is 17.5 Å². The van der Waals surface area contributed by atoms with Crippen LogP contribution in [-0.2, 0) is 11.2 Å². The molecule has 0 aliphatic carbocycles. The number of benzene rings is 2. The molecule has 0 bridgehead atoms. The van der Waals surface area contributed by atoms with Crippen LogP contribution in [0.25, 0.3) is 0 Å². The SMILES string of the molecule is N#Cc1ccccc1Oc1cc2c(cc1N)NC(=O)CC2. The smallest absolute Gasteiger partial charge is 0.224 e. The Morgan fingerprint density at radius 2 is 2.00 bits per heavy atom. The first-order valence-electron chi connectivity index (χ1n) is 6.56. The lowest BCUT2D eigenvalue weighted by Gasteiger charge is -2.19. The molecule has 104 valence electrons. The number of aryl methyl sites for hydroxylation is 1. The molecule has 0 aromatic heterocycles. The summed E-state index contributed by atoms with van der Waals surface area (Å²) in [5.74, 6) is 0.949. The van der Waals surface area contributed by atoms with Crippen LogP contribution in [0.3, 0.4) is 0 Å². The molecule has 0 saturated heterocycles. The number of fused-ring (bicyclic) bond motifs is 1. The number of nitriles is 1. The van der Waals surface area contributed by atoms with E-state index in [2.05, 4.69) is 11.4 Å². The molecule has 5 nitrogen and oxygen atoms in total. The quantitative estimate of drug-likeness (QED) is 0.827. The number of amides is 1. The Labute approximate surface area is 121 Å². The molecule has 3 N–H and O–H groups in total. The molecule has 0 spiro atoms. The van der Waals surface area contributed by atoms with Crippen molar-refractivity contribution in [1.29, 1.82) is 5.26 Å². The highest BCUT2D eigenvalue weighted by atomic mass is 16.5. The first kappa shape index (κ1) is 13.0. The summed E-state index contributed by atoms with van der Waals surface area (Å²) in [5, 5.41) is 11.9. The summed E-state index contributed by atoms with van der Waals surface area (Å²) in [6.45, 7) is 0. The minimum Gasteiger partial charge on any atom is -0.454 e. The topological polar surface area (TPSA) is 88.1 Å². The van der Waals surface area contributed by atoms with Crippen molar-refractivity contribution in [3.63, 3.8) is 0 Å². The van der Waals surface area contributed by atoms with Crippen LogP contribution >= 0.6 is 0 Å². The van der Waals surface area contributed by atoms with Crippen LogP contribution < -0.4 is 15.8 Å². The van der Waals surface area contributed by atoms with E-state index in [4.69, 9.17) is 15.7 Å². The van der Waals surface area contributed by atoms with Gasteiger partial charge in [0.05, 0.1) is 11.3 Å². The van der Waals surface area contributed by atoms with E-state index in [1.54, 1.807) is 30.3 Å². The summed E-state index contributed by atoms with van der Waals surface area (Å²) in [5.41, 5.74) is 8.54. The maximum atomic E-state index is 11.4. The number of carbonyl (C=O) groups excluding carboxylic acids is 1. The number of nitrogens with one attached hydrogen (secondary N) is 1. The van der Waals surface area contributed by atoms with Gasteiger partial charge in [-0.05, 0) is 36.2 Å². The Balaban J connectivity index is 1.97. The van der Waals surface area contributed by atoms with Crippen molar-refractivity contribution in [3.8, 4) is 17.6 Å². The van der Waals surface area contributed by atoms with E-state index >= 15 is 0 Å². The van der Waals surface area contributed by atoms with Gasteiger partial charge in [0.2, 0.25) is 5.91 Å². The van der Waals surface area contributed by atoms with Gasteiger partial charge in [-0.15, -0.1) is 0 Å². The van der Waals surface area contributed by atoms with E-state index in [0.717, 1.165) is 11.3 Å². The fourth-order valence-electron chi connectivity index (χ4n) is 2.28. The largest absolute Gasteiger partial charge is 0.454 e. The molecule has 1 aliphatic rings. The lowest BCUT2D eigenvalue weighted by atomic mass is 10.0. The Hall–Kier alpha value is -3.00. The third-order valence-corrected chi connectivity index (χ3v) is 3.36. The van der Waals surface area contributed by atoms with Crippen LogP contribution in [0, 0.1) is 11.3 Å². The zero-order valence-electron chi connectivity index (χ0n) is 11.2. The minimum atomic E-state index is -0.00889. The predicted molar refractivity (Wildman–Crippen MR) is 79.0 cm³/mol. The zero-order valence-corrected chi connectivity index (χ0v) is 11.2. The van der Waals surface area contributed by atoms with Gasteiger partial charge in [0.15, 0.2) is 5.75 Å². The molecule has 21 heavy (non-hydrogen) atoms. The molecule has 3 rings (SSSR count). The van der Waals surface area contributed by atoms with Crippen LogP contribution in [0.2, 0.25) is 0 Å². The van der Waals surface area contributed by atoms with Gasteiger partial charge in [0.1, 0.15) is 11.8 Å². The van der Waals surface area contributed by atoms with Gasteiger partial charge >= 0.3 is 0 Å². The normalized spacial score (nSPS) is 13.0. The second kappa shape index (κ2) is 5.17. The predicted octanol–water partition coefficient (Wildman–Crippen LogP) is 2.82. The zero-order chi connectivity index (χ0) is 14.8. The highest BCUT2D eigenvalue weighted by Gasteiger charge is 2.18. The number of nitrogens with zero attached hydrogens (tertiary/aromatic N) is 1. The number of para-hydroxylation sites is 1. The van der Waals surface area contributed by atoms with Gasteiger partial charge < -0.3 is 15.8 Å². The van der Waals surface area contributed by atoms with Gasteiger partial charge in [-0.2, -0.15) is 5.26 Å². The number of ether oxygens (including phenoxy) is 1. The average molecular weight is 279 g/mol. The van der Waals surface area contributed by atoms with Crippen molar-refractivity contribution in [2.45, 2.75) is 12.8 Å². The Morgan fingerprint density at radius 1 is 1.19 bits per heavy atom. The molecule has 0 unspecified atom stereocenters. The average Bonchev–Trinajstić information content (AvgIpc) is 2.49. The van der Waals surface area contributed by atoms with Crippen LogP contribution in [-0.4, -0.2) is 5.91 Å². The van der Waals surface area contributed by atoms with Crippen molar-refractivity contribution < 1.29 is 9.53 Å². The van der Waals surface area contributed by atoms with Crippen LogP contribution in [0.15, 0.2) is 36.4 Å². The van der Waals surface area contributed by atoms with E-state index in [-0.39, 0.29) is 5.91 Å². The van der Waals surface area contributed by atoms with E-state index in [1.165, 1.54) is 0 Å². The molecule has 1 heterocycles. The molecule has 0 fully saturated rings. The number of carbonyl (C=O) groups is 1. The van der Waals surface area contributed by atoms with Crippen LogP contribution in [0.5, 0.6) is 11.5 Å². The van der Waals surface area contributed by atoms with Crippen molar-refractivity contribution in [2.24, 2.45) is 0 Å². The summed E-state index contributed by atoms with van der Waals surface area (Å²) < 4.78 is 5.76. The fourth-order valence-corrected chi connectivity index (χ4v) is 2.28. The second-order valence-corrected chi connectivity index (χ2v) is 4.81. The van der Waals surface area contributed by atoms with Crippen molar-refractivity contribution >= 4 is 17.3 Å². The van der Waals surface area contributed by atoms with Crippen molar-refractivity contribution in [1.82, 2.24) is 0 Å². The first-order chi connectivity index (χ1) is 10.2. The monoisotopic (exact) mass is 279 g/mol. The van der Waals surface area contributed by atoms with E-state index in [1.807, 2.05) is 6.07 Å². The second-order valence-electron chi connectivity index (χ2n) is 4.81. The lowest BCUT2D eigenvalue weighted by molar-refractivity contribution is -0.116. The molecular formula is C16H13N3O2. The Morgan fingerprint density at radius 3 is 2.81 bits per heavy atom. The number of anilines is 2. The molecule has 1 amide bonds. The lowest BCUT2D eigenvalue weighted by Crippen LogP contribution is -2.19. The number of hydrogen-bond donors (Lipinski definition) is 2. The third kappa shape index (κ3) is 2.51. The first-order valence-corrected chi connectivity index (χ1v) is 6.56. The minimum absolute atomic E-state index is 0.00889. The molecular weight excluding hydrogens is 266 g/mol. The van der Waals surface area contributed by atoms with E-state index in [0.29, 0.717) is 35.6 Å². The van der Waals surface area contributed by atoms with Gasteiger partial charge in [0.25, 0.3) is 0 Å². The molecule has 2 aromatic carbocycles. The number of nitrogen functional groups attached to an aromatic ring is 1. The third-order valence-electron chi connectivity index (χ3n) is 3.36. The molecule has 1 aliphatic heterocycles. The van der Waals surface area contributed by atoms with Gasteiger partial charge in [-0.3, -0.25) is 4.79 Å². The van der Waals surface area contributed by atoms with E-state index < -0.39 is 0 Å². The molecule has 0 atom stereocenters. The summed E-state index contributed by atoms with van der Waals surface area (Å²) in [7, 11) is 0. The van der Waals surface area contributed by atoms with Crippen LogP contribution in [0.4, 0.5) is 11.4 Å². The summed E-state index contributed by atoms with van der Waals surface area (Å²) in [4.78, 5) is 11.4. The Kier molecular flexibility index (Phi) is 3.20. The van der Waals surface area contributed by atoms with Gasteiger partial charge in [0, 0.05) is 12.1 Å². The standard InChI is InChI=1S/C16H13N3O2/c17-9-11-3-1-2-4-14(11)21-15-7-10-5-6-16(20)19-13(10)8-12(15)18/h1-4,7-8H,5-6,18H2,(H,19,20).